The van der Waals surface area contributed by atoms with E-state index in [0.717, 1.165) is 0 Å². The second-order valence-corrected chi connectivity index (χ2v) is 5.49. The summed E-state index contributed by atoms with van der Waals surface area (Å²) in [6.07, 6.45) is 2.88. The molecule has 0 fully saturated rings. The van der Waals surface area contributed by atoms with Gasteiger partial charge in [-0.3, -0.25) is 9.98 Å². The van der Waals surface area contributed by atoms with Crippen LogP contribution < -0.4 is 0 Å². The van der Waals surface area contributed by atoms with E-state index >= 15 is 0 Å². The third-order valence-corrected chi connectivity index (χ3v) is 3.88. The van der Waals surface area contributed by atoms with Gasteiger partial charge in [-0.15, -0.1) is 0 Å². The Morgan fingerprint density at radius 1 is 1.19 bits per heavy atom. The van der Waals surface area contributed by atoms with Crippen LogP contribution in [0.2, 0.25) is 15.1 Å². The predicted octanol–water partition coefficient (Wildman–Crippen LogP) is 4.30. The number of aliphatic imine (C=N–C) groups is 1. The Bertz CT molecular complexity index is 718. The molecule has 0 aliphatic rings. The Morgan fingerprint density at radius 2 is 1.86 bits per heavy atom. The van der Waals surface area contributed by atoms with Crippen molar-refractivity contribution in [2.24, 2.45) is 4.99 Å². The first-order valence-electron chi connectivity index (χ1n) is 5.91. The van der Waals surface area contributed by atoms with Crippen LogP contribution in [0.5, 0.6) is 5.75 Å². The van der Waals surface area contributed by atoms with Crippen LogP contribution in [0.4, 0.5) is 5.69 Å². The van der Waals surface area contributed by atoms with Crippen LogP contribution in [-0.4, -0.2) is 21.4 Å². The van der Waals surface area contributed by atoms with E-state index in [4.69, 9.17) is 34.8 Å². The zero-order chi connectivity index (χ0) is 15.6. The molecule has 2 N–H and O–H groups in total. The fourth-order valence-corrected chi connectivity index (χ4v) is 2.26. The second kappa shape index (κ2) is 6.62. The zero-order valence-corrected chi connectivity index (χ0v) is 13.2. The highest BCUT2D eigenvalue weighted by atomic mass is 35.5. The summed E-state index contributed by atoms with van der Waals surface area (Å²) in [5.74, 6) is -0.0403. The first kappa shape index (κ1) is 16.0. The van der Waals surface area contributed by atoms with E-state index in [1.807, 2.05) is 0 Å². The number of hydrogen-bond donors (Lipinski definition) is 2. The first-order chi connectivity index (χ1) is 9.93. The molecule has 1 heterocycles. The summed E-state index contributed by atoms with van der Waals surface area (Å²) in [6, 6.07) is 3.01. The van der Waals surface area contributed by atoms with Crippen molar-refractivity contribution in [1.82, 2.24) is 4.98 Å². The van der Waals surface area contributed by atoms with Gasteiger partial charge in [-0.05, 0) is 19.1 Å². The minimum Gasteiger partial charge on any atom is -0.505 e. The van der Waals surface area contributed by atoms with Crippen molar-refractivity contribution in [3.8, 4) is 5.75 Å². The Morgan fingerprint density at radius 3 is 2.52 bits per heavy atom. The van der Waals surface area contributed by atoms with Gasteiger partial charge in [-0.1, -0.05) is 34.8 Å². The fourth-order valence-electron chi connectivity index (χ4n) is 1.67. The van der Waals surface area contributed by atoms with Gasteiger partial charge < -0.3 is 10.2 Å². The Labute approximate surface area is 136 Å². The van der Waals surface area contributed by atoms with Gasteiger partial charge in [0.05, 0.1) is 33.1 Å². The molecule has 0 saturated heterocycles. The molecule has 0 aliphatic heterocycles. The number of aliphatic hydroxyl groups is 1. The summed E-state index contributed by atoms with van der Waals surface area (Å²) < 4.78 is 0. The maximum atomic E-state index is 10.0. The number of nitrogens with zero attached hydrogens (tertiary/aromatic N) is 2. The van der Waals surface area contributed by atoms with Crippen LogP contribution >= 0.6 is 34.8 Å². The standard InChI is InChI=1S/C14H11Cl3N2O2/c1-7-14(21)9(8(6-20)4-18-7)5-19-13-3-11(16)10(15)2-12(13)17/h2-5,20-21H,6H2,1H3. The molecule has 110 valence electrons. The summed E-state index contributed by atoms with van der Waals surface area (Å²) in [5.41, 5.74) is 1.68. The number of pyridine rings is 1. The van der Waals surface area contributed by atoms with Crippen LogP contribution in [0.15, 0.2) is 23.3 Å². The average Bonchev–Trinajstić information content (AvgIpc) is 2.45. The van der Waals surface area contributed by atoms with Crippen molar-refractivity contribution in [1.29, 1.82) is 0 Å². The minimum absolute atomic E-state index is 0.0403. The predicted molar refractivity (Wildman–Crippen MR) is 85.3 cm³/mol. The van der Waals surface area contributed by atoms with Crippen molar-refractivity contribution in [2.75, 3.05) is 0 Å². The van der Waals surface area contributed by atoms with Crippen LogP contribution in [0.3, 0.4) is 0 Å². The number of rotatable bonds is 3. The molecule has 1 aromatic heterocycles. The van der Waals surface area contributed by atoms with Crippen molar-refractivity contribution in [3.05, 3.63) is 50.2 Å². The lowest BCUT2D eigenvalue weighted by molar-refractivity contribution is 0.280. The summed E-state index contributed by atoms with van der Waals surface area (Å²) >= 11 is 17.8. The lowest BCUT2D eigenvalue weighted by Gasteiger charge is -2.07. The number of halogens is 3. The molecule has 0 amide bonds. The van der Waals surface area contributed by atoms with Crippen LogP contribution in [0.25, 0.3) is 0 Å². The SMILES string of the molecule is Cc1ncc(CO)c(C=Nc2cc(Cl)c(Cl)cc2Cl)c1O. The maximum Gasteiger partial charge on any atom is 0.145 e. The smallest absolute Gasteiger partial charge is 0.145 e. The van der Waals surface area contributed by atoms with Gasteiger partial charge in [-0.2, -0.15) is 0 Å². The summed E-state index contributed by atoms with van der Waals surface area (Å²) in [4.78, 5) is 8.16. The van der Waals surface area contributed by atoms with E-state index in [9.17, 15) is 10.2 Å². The molecule has 2 rings (SSSR count). The first-order valence-corrected chi connectivity index (χ1v) is 7.04. The molecular weight excluding hydrogens is 335 g/mol. The highest BCUT2D eigenvalue weighted by Gasteiger charge is 2.10. The van der Waals surface area contributed by atoms with Crippen LogP contribution in [-0.2, 0) is 6.61 Å². The molecule has 7 heteroatoms. The van der Waals surface area contributed by atoms with Gasteiger partial charge >= 0.3 is 0 Å². The molecule has 0 bridgehead atoms. The van der Waals surface area contributed by atoms with Crippen molar-refractivity contribution in [3.63, 3.8) is 0 Å². The summed E-state index contributed by atoms with van der Waals surface area (Å²) in [7, 11) is 0. The van der Waals surface area contributed by atoms with Gasteiger partial charge in [0.25, 0.3) is 0 Å². The molecule has 0 radical (unpaired) electrons. The molecular formula is C14H11Cl3N2O2. The lowest BCUT2D eigenvalue weighted by Crippen LogP contribution is -1.97. The Hall–Kier alpha value is -1.33. The number of aliphatic hydroxyl groups excluding tert-OH is 1. The number of hydrogen-bond acceptors (Lipinski definition) is 4. The lowest BCUT2D eigenvalue weighted by atomic mass is 10.1. The van der Waals surface area contributed by atoms with E-state index in [1.165, 1.54) is 24.5 Å². The molecule has 0 atom stereocenters. The van der Waals surface area contributed by atoms with E-state index in [1.54, 1.807) is 6.92 Å². The zero-order valence-electron chi connectivity index (χ0n) is 10.9. The van der Waals surface area contributed by atoms with E-state index < -0.39 is 0 Å². The van der Waals surface area contributed by atoms with Crippen LogP contribution in [0, 0.1) is 6.92 Å². The molecule has 0 spiro atoms. The molecule has 0 unspecified atom stereocenters. The highest BCUT2D eigenvalue weighted by molar-refractivity contribution is 6.43. The summed E-state index contributed by atoms with van der Waals surface area (Å²) in [5, 5.41) is 20.3. The number of aromatic hydroxyl groups is 1. The van der Waals surface area contributed by atoms with Gasteiger partial charge in [0.1, 0.15) is 5.75 Å². The molecule has 0 aliphatic carbocycles. The van der Waals surface area contributed by atoms with Crippen molar-refractivity contribution >= 4 is 46.7 Å². The van der Waals surface area contributed by atoms with E-state index in [-0.39, 0.29) is 12.4 Å². The number of aryl methyl sites for hydroxylation is 1. The number of aromatic nitrogens is 1. The Kier molecular flexibility index (Phi) is 5.06. The van der Waals surface area contributed by atoms with E-state index in [0.29, 0.717) is 37.6 Å². The van der Waals surface area contributed by atoms with Gasteiger partial charge in [-0.25, -0.2) is 0 Å². The fraction of sp³-hybridized carbons (Fsp3) is 0.143. The average molecular weight is 346 g/mol. The third-order valence-electron chi connectivity index (χ3n) is 2.85. The quantitative estimate of drug-likeness (QED) is 0.644. The highest BCUT2D eigenvalue weighted by Crippen LogP contribution is 2.34. The Balaban J connectivity index is 2.47. The third kappa shape index (κ3) is 3.47. The minimum atomic E-state index is -0.267. The second-order valence-electron chi connectivity index (χ2n) is 4.27. The summed E-state index contributed by atoms with van der Waals surface area (Å²) in [6.45, 7) is 1.39. The van der Waals surface area contributed by atoms with Crippen molar-refractivity contribution in [2.45, 2.75) is 13.5 Å². The van der Waals surface area contributed by atoms with Crippen molar-refractivity contribution < 1.29 is 10.2 Å². The largest absolute Gasteiger partial charge is 0.505 e. The molecule has 1 aromatic carbocycles. The van der Waals surface area contributed by atoms with E-state index in [2.05, 4.69) is 9.98 Å². The molecule has 21 heavy (non-hydrogen) atoms. The van der Waals surface area contributed by atoms with Gasteiger partial charge in [0, 0.05) is 23.5 Å². The van der Waals surface area contributed by atoms with Crippen LogP contribution in [0.1, 0.15) is 16.8 Å². The monoisotopic (exact) mass is 344 g/mol. The van der Waals surface area contributed by atoms with Gasteiger partial charge in [0.2, 0.25) is 0 Å². The molecule has 0 saturated carbocycles. The topological polar surface area (TPSA) is 65.7 Å². The maximum absolute atomic E-state index is 10.0. The molecule has 4 nitrogen and oxygen atoms in total. The normalized spacial score (nSPS) is 11.3. The number of benzene rings is 1. The van der Waals surface area contributed by atoms with Gasteiger partial charge in [0.15, 0.2) is 0 Å². The molecule has 2 aromatic rings.